The zero-order chi connectivity index (χ0) is 13.7. The lowest BCUT2D eigenvalue weighted by Gasteiger charge is -2.22. The molecule has 1 aromatic rings. The highest BCUT2D eigenvalue weighted by Crippen LogP contribution is 2.17. The Balaban J connectivity index is 1.78. The Bertz CT molecular complexity index is 438. The Morgan fingerprint density at radius 2 is 2.05 bits per heavy atom. The van der Waals surface area contributed by atoms with E-state index in [9.17, 15) is 9.18 Å². The van der Waals surface area contributed by atoms with Gasteiger partial charge in [0, 0.05) is 24.6 Å². The van der Waals surface area contributed by atoms with E-state index in [2.05, 4.69) is 5.32 Å². The third kappa shape index (κ3) is 4.13. The van der Waals surface area contributed by atoms with E-state index in [-0.39, 0.29) is 11.6 Å². The molecule has 2 rings (SSSR count). The summed E-state index contributed by atoms with van der Waals surface area (Å²) in [6.07, 6.45) is 6.87. The van der Waals surface area contributed by atoms with E-state index < -0.39 is 0 Å². The topological polar surface area (TPSA) is 29.1 Å². The number of hydrogen-bond acceptors (Lipinski definition) is 2. The van der Waals surface area contributed by atoms with Crippen molar-refractivity contribution in [2.75, 3.05) is 6.54 Å². The smallest absolute Gasteiger partial charge is 0.164 e. The SMILES string of the molecule is Cc1cc(C(=O)CCNC2CCCCC2)ccc1F. The number of carbonyl (C=O) groups excluding carboxylic acids is 1. The minimum atomic E-state index is -0.253. The van der Waals surface area contributed by atoms with Crippen LogP contribution in [0.2, 0.25) is 0 Å². The summed E-state index contributed by atoms with van der Waals surface area (Å²) in [6, 6.07) is 5.16. The van der Waals surface area contributed by atoms with Crippen LogP contribution in [0.5, 0.6) is 0 Å². The van der Waals surface area contributed by atoms with Crippen molar-refractivity contribution >= 4 is 5.78 Å². The molecule has 1 aromatic carbocycles. The predicted octanol–water partition coefficient (Wildman–Crippen LogP) is 3.63. The van der Waals surface area contributed by atoms with Crippen molar-refractivity contribution in [3.8, 4) is 0 Å². The van der Waals surface area contributed by atoms with E-state index in [4.69, 9.17) is 0 Å². The number of rotatable bonds is 5. The van der Waals surface area contributed by atoms with Gasteiger partial charge in [0.2, 0.25) is 0 Å². The summed E-state index contributed by atoms with van der Waals surface area (Å²) in [5.74, 6) is -0.164. The second kappa shape index (κ2) is 6.80. The van der Waals surface area contributed by atoms with Crippen molar-refractivity contribution in [3.05, 3.63) is 35.1 Å². The highest BCUT2D eigenvalue weighted by molar-refractivity contribution is 5.96. The Morgan fingerprint density at radius 3 is 2.74 bits per heavy atom. The van der Waals surface area contributed by atoms with Crippen LogP contribution in [0, 0.1) is 12.7 Å². The lowest BCUT2D eigenvalue weighted by atomic mass is 9.95. The maximum absolute atomic E-state index is 13.1. The number of halogens is 1. The summed E-state index contributed by atoms with van der Waals surface area (Å²) in [4.78, 5) is 12.0. The monoisotopic (exact) mass is 263 g/mol. The van der Waals surface area contributed by atoms with Crippen LogP contribution in [-0.2, 0) is 0 Å². The van der Waals surface area contributed by atoms with E-state index >= 15 is 0 Å². The van der Waals surface area contributed by atoms with Crippen LogP contribution in [0.3, 0.4) is 0 Å². The normalized spacial score (nSPS) is 16.5. The molecule has 3 heteroatoms. The first-order valence-electron chi connectivity index (χ1n) is 7.19. The standard InChI is InChI=1S/C16H22FNO/c1-12-11-13(7-8-15(12)17)16(19)9-10-18-14-5-3-2-4-6-14/h7-8,11,14,18H,2-6,9-10H2,1H3. The molecule has 19 heavy (non-hydrogen) atoms. The van der Waals surface area contributed by atoms with Gasteiger partial charge in [-0.05, 0) is 43.5 Å². The minimum absolute atomic E-state index is 0.0893. The van der Waals surface area contributed by atoms with Crippen molar-refractivity contribution in [2.24, 2.45) is 0 Å². The van der Waals surface area contributed by atoms with Crippen LogP contribution in [0.15, 0.2) is 18.2 Å². The molecular weight excluding hydrogens is 241 g/mol. The molecule has 0 unspecified atom stereocenters. The highest BCUT2D eigenvalue weighted by Gasteiger charge is 2.13. The molecule has 1 fully saturated rings. The third-order valence-corrected chi connectivity index (χ3v) is 3.87. The van der Waals surface area contributed by atoms with Gasteiger partial charge >= 0.3 is 0 Å². The van der Waals surface area contributed by atoms with Gasteiger partial charge in [0.05, 0.1) is 0 Å². The van der Waals surface area contributed by atoms with E-state index in [0.717, 1.165) is 6.54 Å². The molecule has 1 aliphatic rings. The molecule has 0 radical (unpaired) electrons. The van der Waals surface area contributed by atoms with Gasteiger partial charge in [0.25, 0.3) is 0 Å². The van der Waals surface area contributed by atoms with Crippen LogP contribution < -0.4 is 5.32 Å². The minimum Gasteiger partial charge on any atom is -0.314 e. The molecule has 0 atom stereocenters. The number of aryl methyl sites for hydroxylation is 1. The van der Waals surface area contributed by atoms with E-state index in [0.29, 0.717) is 23.6 Å². The molecule has 0 bridgehead atoms. The predicted molar refractivity (Wildman–Crippen MR) is 75.0 cm³/mol. The summed E-state index contributed by atoms with van der Waals surface area (Å²) >= 11 is 0. The average molecular weight is 263 g/mol. The molecule has 1 saturated carbocycles. The van der Waals surface area contributed by atoms with Crippen LogP contribution in [0.1, 0.15) is 54.4 Å². The maximum atomic E-state index is 13.1. The Morgan fingerprint density at radius 1 is 1.32 bits per heavy atom. The second-order valence-corrected chi connectivity index (χ2v) is 5.43. The van der Waals surface area contributed by atoms with Crippen LogP contribution in [-0.4, -0.2) is 18.4 Å². The zero-order valence-corrected chi connectivity index (χ0v) is 11.5. The van der Waals surface area contributed by atoms with Crippen LogP contribution in [0.4, 0.5) is 4.39 Å². The fourth-order valence-corrected chi connectivity index (χ4v) is 2.66. The molecule has 0 aliphatic heterocycles. The number of Topliss-reactive ketones (excluding diaryl/α,β-unsaturated/α-hetero) is 1. The lowest BCUT2D eigenvalue weighted by molar-refractivity contribution is 0.0981. The molecule has 0 aromatic heterocycles. The van der Waals surface area contributed by atoms with Crippen LogP contribution in [0.25, 0.3) is 0 Å². The Kier molecular flexibility index (Phi) is 5.08. The van der Waals surface area contributed by atoms with Gasteiger partial charge < -0.3 is 5.32 Å². The largest absolute Gasteiger partial charge is 0.314 e. The first-order chi connectivity index (χ1) is 9.16. The number of ketones is 1. The highest BCUT2D eigenvalue weighted by atomic mass is 19.1. The Hall–Kier alpha value is -1.22. The fourth-order valence-electron chi connectivity index (χ4n) is 2.66. The fraction of sp³-hybridized carbons (Fsp3) is 0.562. The van der Waals surface area contributed by atoms with Crippen molar-refractivity contribution in [1.82, 2.24) is 5.32 Å². The van der Waals surface area contributed by atoms with Crippen molar-refractivity contribution in [3.63, 3.8) is 0 Å². The molecule has 104 valence electrons. The third-order valence-electron chi connectivity index (χ3n) is 3.87. The first-order valence-corrected chi connectivity index (χ1v) is 7.19. The summed E-state index contributed by atoms with van der Waals surface area (Å²) in [5.41, 5.74) is 1.15. The summed E-state index contributed by atoms with van der Waals surface area (Å²) < 4.78 is 13.1. The number of hydrogen-bond donors (Lipinski definition) is 1. The molecular formula is C16H22FNO. The molecule has 1 N–H and O–H groups in total. The van der Waals surface area contributed by atoms with E-state index in [1.165, 1.54) is 38.2 Å². The van der Waals surface area contributed by atoms with Crippen molar-refractivity contribution in [1.29, 1.82) is 0 Å². The summed E-state index contributed by atoms with van der Waals surface area (Å²) in [7, 11) is 0. The van der Waals surface area contributed by atoms with Crippen molar-refractivity contribution < 1.29 is 9.18 Å². The van der Waals surface area contributed by atoms with Gasteiger partial charge in [-0.2, -0.15) is 0 Å². The van der Waals surface area contributed by atoms with Gasteiger partial charge in [0.15, 0.2) is 5.78 Å². The van der Waals surface area contributed by atoms with Gasteiger partial charge in [-0.1, -0.05) is 19.3 Å². The summed E-state index contributed by atoms with van der Waals surface area (Å²) in [6.45, 7) is 2.41. The first kappa shape index (κ1) is 14.2. The van der Waals surface area contributed by atoms with Gasteiger partial charge in [0.1, 0.15) is 5.82 Å². The van der Waals surface area contributed by atoms with Gasteiger partial charge in [-0.25, -0.2) is 4.39 Å². The number of carbonyl (C=O) groups is 1. The quantitative estimate of drug-likeness (QED) is 0.822. The molecule has 0 heterocycles. The number of nitrogens with one attached hydrogen (secondary N) is 1. The Labute approximate surface area is 114 Å². The average Bonchev–Trinajstić information content (AvgIpc) is 2.43. The second-order valence-electron chi connectivity index (χ2n) is 5.43. The van der Waals surface area contributed by atoms with E-state index in [1.54, 1.807) is 19.1 Å². The molecule has 0 spiro atoms. The van der Waals surface area contributed by atoms with Gasteiger partial charge in [-0.15, -0.1) is 0 Å². The zero-order valence-electron chi connectivity index (χ0n) is 11.5. The lowest BCUT2D eigenvalue weighted by Crippen LogP contribution is -2.32. The summed E-state index contributed by atoms with van der Waals surface area (Å²) in [5, 5.41) is 3.45. The molecule has 0 saturated heterocycles. The van der Waals surface area contributed by atoms with Crippen molar-refractivity contribution in [2.45, 2.75) is 51.5 Å². The maximum Gasteiger partial charge on any atom is 0.164 e. The van der Waals surface area contributed by atoms with Crippen LogP contribution >= 0.6 is 0 Å². The van der Waals surface area contributed by atoms with E-state index in [1.807, 2.05) is 0 Å². The molecule has 1 aliphatic carbocycles. The number of benzene rings is 1. The van der Waals surface area contributed by atoms with Gasteiger partial charge in [-0.3, -0.25) is 4.79 Å². The molecule has 0 amide bonds. The molecule has 2 nitrogen and oxygen atoms in total.